The zero-order chi connectivity index (χ0) is 17.1. The molecule has 0 N–H and O–H groups in total. The van der Waals surface area contributed by atoms with E-state index in [4.69, 9.17) is 4.74 Å². The van der Waals surface area contributed by atoms with Crippen molar-refractivity contribution in [2.45, 2.75) is 13.5 Å². The molecule has 2 aromatic carbocycles. The Morgan fingerprint density at radius 2 is 1.83 bits per heavy atom. The molecule has 6 nitrogen and oxygen atoms in total. The molecule has 3 rings (SSSR count). The van der Waals surface area contributed by atoms with Crippen LogP contribution in [0, 0.1) is 17.0 Å². The van der Waals surface area contributed by atoms with E-state index in [1.165, 1.54) is 18.2 Å². The number of fused-ring (bicyclic) bond motifs is 1. The van der Waals surface area contributed by atoms with Gasteiger partial charge < -0.3 is 9.30 Å². The van der Waals surface area contributed by atoms with Gasteiger partial charge in [0.15, 0.2) is 0 Å². The fraction of sp³-hybridized carbons (Fsp3) is 0.167. The zero-order valence-electron chi connectivity index (χ0n) is 13.1. The van der Waals surface area contributed by atoms with E-state index in [0.29, 0.717) is 24.1 Å². The number of ether oxygens (including phenoxy) is 1. The summed E-state index contributed by atoms with van der Waals surface area (Å²) in [6, 6.07) is 15.2. The fourth-order valence-electron chi connectivity index (χ4n) is 2.52. The molecular formula is C18H16N2O4. The topological polar surface area (TPSA) is 74.4 Å². The molecule has 0 spiro atoms. The standard InChI is InChI=1S/C18H16N2O4/c1-13-2-6-16(7-3-13)24-11-10-19-17-8-5-15(20(22)23)12-14(17)4-9-18(19)21/h2-9,12H,10-11H2,1H3. The minimum atomic E-state index is -0.449. The molecule has 0 bridgehead atoms. The summed E-state index contributed by atoms with van der Waals surface area (Å²) >= 11 is 0. The lowest BCUT2D eigenvalue weighted by molar-refractivity contribution is -0.384. The molecule has 0 aliphatic rings. The molecule has 3 aromatic rings. The van der Waals surface area contributed by atoms with Gasteiger partial charge in [-0.3, -0.25) is 14.9 Å². The summed E-state index contributed by atoms with van der Waals surface area (Å²) in [5.41, 5.74) is 1.64. The molecule has 1 aromatic heterocycles. The molecular weight excluding hydrogens is 308 g/mol. The number of non-ortho nitro benzene ring substituents is 1. The first-order valence-corrected chi connectivity index (χ1v) is 7.52. The molecule has 0 fully saturated rings. The molecule has 6 heteroatoms. The summed E-state index contributed by atoms with van der Waals surface area (Å²) in [6.07, 6.45) is 0. The van der Waals surface area contributed by atoms with Crippen LogP contribution in [0.4, 0.5) is 5.69 Å². The first-order valence-electron chi connectivity index (χ1n) is 7.52. The third-order valence-corrected chi connectivity index (χ3v) is 3.79. The highest BCUT2D eigenvalue weighted by molar-refractivity contribution is 5.81. The van der Waals surface area contributed by atoms with E-state index in [1.807, 2.05) is 31.2 Å². The normalized spacial score (nSPS) is 10.7. The van der Waals surface area contributed by atoms with Crippen molar-refractivity contribution in [2.75, 3.05) is 6.61 Å². The molecule has 0 unspecified atom stereocenters. The predicted molar refractivity (Wildman–Crippen MR) is 91.5 cm³/mol. The van der Waals surface area contributed by atoms with Crippen molar-refractivity contribution in [3.05, 3.63) is 80.6 Å². The van der Waals surface area contributed by atoms with Crippen LogP contribution in [0.25, 0.3) is 10.9 Å². The molecule has 0 atom stereocenters. The van der Waals surface area contributed by atoms with E-state index in [0.717, 1.165) is 11.3 Å². The average Bonchev–Trinajstić information content (AvgIpc) is 2.58. The molecule has 0 radical (unpaired) electrons. The SMILES string of the molecule is Cc1ccc(OCCn2c(=O)ccc3cc([N+](=O)[O-])ccc32)cc1. The van der Waals surface area contributed by atoms with E-state index < -0.39 is 4.92 Å². The van der Waals surface area contributed by atoms with Crippen molar-refractivity contribution >= 4 is 16.6 Å². The van der Waals surface area contributed by atoms with Gasteiger partial charge in [-0.15, -0.1) is 0 Å². The van der Waals surface area contributed by atoms with Gasteiger partial charge in [-0.05, 0) is 31.2 Å². The summed E-state index contributed by atoms with van der Waals surface area (Å²) in [5.74, 6) is 0.740. The van der Waals surface area contributed by atoms with Crippen LogP contribution in [-0.4, -0.2) is 16.1 Å². The Labute approximate surface area is 138 Å². The monoisotopic (exact) mass is 324 g/mol. The highest BCUT2D eigenvalue weighted by atomic mass is 16.6. The number of benzene rings is 2. The summed E-state index contributed by atoms with van der Waals surface area (Å²) < 4.78 is 7.23. The Balaban J connectivity index is 1.83. The quantitative estimate of drug-likeness (QED) is 0.533. The Morgan fingerprint density at radius 3 is 2.54 bits per heavy atom. The number of pyridine rings is 1. The molecule has 1 heterocycles. The Kier molecular flexibility index (Phi) is 4.29. The van der Waals surface area contributed by atoms with Crippen molar-refractivity contribution in [3.63, 3.8) is 0 Å². The third kappa shape index (κ3) is 3.27. The molecule has 0 aliphatic heterocycles. The van der Waals surface area contributed by atoms with Gasteiger partial charge in [-0.2, -0.15) is 0 Å². The van der Waals surface area contributed by atoms with Crippen molar-refractivity contribution in [2.24, 2.45) is 0 Å². The van der Waals surface area contributed by atoms with Gasteiger partial charge in [0.2, 0.25) is 0 Å². The van der Waals surface area contributed by atoms with Crippen LogP contribution in [0.5, 0.6) is 5.75 Å². The van der Waals surface area contributed by atoms with E-state index in [9.17, 15) is 14.9 Å². The van der Waals surface area contributed by atoms with Gasteiger partial charge in [-0.25, -0.2) is 0 Å². The van der Waals surface area contributed by atoms with E-state index >= 15 is 0 Å². The number of nitro groups is 1. The van der Waals surface area contributed by atoms with Crippen molar-refractivity contribution in [1.82, 2.24) is 4.57 Å². The second kappa shape index (κ2) is 6.54. The molecule has 122 valence electrons. The minimum absolute atomic E-state index is 0.00334. The lowest BCUT2D eigenvalue weighted by Gasteiger charge is -2.11. The first kappa shape index (κ1) is 15.7. The van der Waals surface area contributed by atoms with Gasteiger partial charge in [0.1, 0.15) is 12.4 Å². The maximum Gasteiger partial charge on any atom is 0.270 e. The van der Waals surface area contributed by atoms with Crippen LogP contribution in [0.3, 0.4) is 0 Å². The van der Waals surface area contributed by atoms with Crippen LogP contribution < -0.4 is 10.3 Å². The van der Waals surface area contributed by atoms with Crippen LogP contribution in [-0.2, 0) is 6.54 Å². The second-order valence-corrected chi connectivity index (χ2v) is 5.48. The van der Waals surface area contributed by atoms with Gasteiger partial charge in [0, 0.05) is 23.6 Å². The molecule has 0 amide bonds. The van der Waals surface area contributed by atoms with Crippen molar-refractivity contribution < 1.29 is 9.66 Å². The Morgan fingerprint density at radius 1 is 1.08 bits per heavy atom. The summed E-state index contributed by atoms with van der Waals surface area (Å²) in [4.78, 5) is 22.5. The highest BCUT2D eigenvalue weighted by Crippen LogP contribution is 2.19. The van der Waals surface area contributed by atoms with Crippen LogP contribution in [0.15, 0.2) is 59.4 Å². The first-order chi connectivity index (χ1) is 11.5. The number of aromatic nitrogens is 1. The van der Waals surface area contributed by atoms with Crippen LogP contribution in [0.1, 0.15) is 5.56 Å². The number of hydrogen-bond acceptors (Lipinski definition) is 4. The zero-order valence-corrected chi connectivity index (χ0v) is 13.1. The minimum Gasteiger partial charge on any atom is -0.492 e. The average molecular weight is 324 g/mol. The van der Waals surface area contributed by atoms with Crippen molar-refractivity contribution in [1.29, 1.82) is 0 Å². The molecule has 24 heavy (non-hydrogen) atoms. The summed E-state index contributed by atoms with van der Waals surface area (Å²) in [6.45, 7) is 2.69. The molecule has 0 aliphatic carbocycles. The second-order valence-electron chi connectivity index (χ2n) is 5.48. The lowest BCUT2D eigenvalue weighted by atomic mass is 10.2. The lowest BCUT2D eigenvalue weighted by Crippen LogP contribution is -2.22. The van der Waals surface area contributed by atoms with Crippen LogP contribution in [0.2, 0.25) is 0 Å². The summed E-state index contributed by atoms with van der Waals surface area (Å²) in [7, 11) is 0. The number of hydrogen-bond donors (Lipinski definition) is 0. The van der Waals surface area contributed by atoms with Crippen molar-refractivity contribution in [3.8, 4) is 5.75 Å². The van der Waals surface area contributed by atoms with Gasteiger partial charge in [0.05, 0.1) is 17.0 Å². The Hall–Kier alpha value is -3.15. The van der Waals surface area contributed by atoms with E-state index in [1.54, 1.807) is 16.7 Å². The smallest absolute Gasteiger partial charge is 0.270 e. The van der Waals surface area contributed by atoms with E-state index in [-0.39, 0.29) is 11.2 Å². The Bertz CT molecular complexity index is 945. The number of aryl methyl sites for hydroxylation is 1. The molecule has 0 saturated heterocycles. The number of rotatable bonds is 5. The highest BCUT2D eigenvalue weighted by Gasteiger charge is 2.09. The maximum absolute atomic E-state index is 12.1. The molecule has 0 saturated carbocycles. The van der Waals surface area contributed by atoms with Gasteiger partial charge >= 0.3 is 0 Å². The largest absolute Gasteiger partial charge is 0.492 e. The van der Waals surface area contributed by atoms with Gasteiger partial charge in [-0.1, -0.05) is 17.7 Å². The van der Waals surface area contributed by atoms with Gasteiger partial charge in [0.25, 0.3) is 11.2 Å². The van der Waals surface area contributed by atoms with Crippen LogP contribution >= 0.6 is 0 Å². The van der Waals surface area contributed by atoms with E-state index in [2.05, 4.69) is 0 Å². The predicted octanol–water partition coefficient (Wildman–Crippen LogP) is 3.30. The summed E-state index contributed by atoms with van der Waals surface area (Å²) in [5, 5.41) is 11.5. The number of nitrogens with zero attached hydrogens (tertiary/aromatic N) is 2. The fourth-order valence-corrected chi connectivity index (χ4v) is 2.52. The maximum atomic E-state index is 12.1. The third-order valence-electron chi connectivity index (χ3n) is 3.79. The number of nitro benzene ring substituents is 1.